The average molecular weight is 130 g/mol. The van der Waals surface area contributed by atoms with Gasteiger partial charge in [-0.25, -0.2) is 0 Å². The van der Waals surface area contributed by atoms with Gasteiger partial charge in [0.15, 0.2) is 0 Å². The summed E-state index contributed by atoms with van der Waals surface area (Å²) >= 11 is 0. The van der Waals surface area contributed by atoms with E-state index in [1.807, 2.05) is 0 Å². The van der Waals surface area contributed by atoms with Crippen LogP contribution < -0.4 is 0 Å². The zero-order chi connectivity index (χ0) is 6.74. The van der Waals surface area contributed by atoms with E-state index in [2.05, 4.69) is 13.8 Å². The van der Waals surface area contributed by atoms with E-state index in [-0.39, 0.29) is 5.60 Å². The maximum absolute atomic E-state index is 5.47. The molecule has 2 heteroatoms. The van der Waals surface area contributed by atoms with Crippen LogP contribution in [0.4, 0.5) is 0 Å². The lowest BCUT2D eigenvalue weighted by molar-refractivity contribution is -0.0408. The van der Waals surface area contributed by atoms with Gasteiger partial charge in [-0.3, -0.25) is 0 Å². The summed E-state index contributed by atoms with van der Waals surface area (Å²) in [6.45, 7) is 6.53. The highest BCUT2D eigenvalue weighted by atomic mass is 16.5. The molecule has 1 saturated heterocycles. The molecule has 1 heterocycles. The zero-order valence-electron chi connectivity index (χ0n) is 6.14. The Kier molecular flexibility index (Phi) is 2.09. The van der Waals surface area contributed by atoms with Gasteiger partial charge < -0.3 is 9.47 Å². The molecule has 9 heavy (non-hydrogen) atoms. The summed E-state index contributed by atoms with van der Waals surface area (Å²) in [5.41, 5.74) is -0.0590. The van der Waals surface area contributed by atoms with Crippen molar-refractivity contribution in [2.45, 2.75) is 25.9 Å². The molecule has 54 valence electrons. The Bertz CT molecular complexity index is 78.9. The smallest absolute Gasteiger partial charge is 0.0858 e. The molecule has 1 aliphatic heterocycles. The van der Waals surface area contributed by atoms with Gasteiger partial charge in [-0.05, 0) is 20.3 Å². The molecule has 1 fully saturated rings. The van der Waals surface area contributed by atoms with Gasteiger partial charge in [-0.1, -0.05) is 0 Å². The fourth-order valence-electron chi connectivity index (χ4n) is 0.869. The van der Waals surface area contributed by atoms with Crippen LogP contribution in [0.5, 0.6) is 0 Å². The van der Waals surface area contributed by atoms with Crippen molar-refractivity contribution in [2.75, 3.05) is 19.8 Å². The summed E-state index contributed by atoms with van der Waals surface area (Å²) in [6.07, 6.45) is 1.03. The monoisotopic (exact) mass is 130 g/mol. The maximum atomic E-state index is 5.47. The summed E-state index contributed by atoms with van der Waals surface area (Å²) in [5.74, 6) is 0. The van der Waals surface area contributed by atoms with Crippen LogP contribution in [0.15, 0.2) is 0 Å². The van der Waals surface area contributed by atoms with Crippen molar-refractivity contribution in [3.05, 3.63) is 0 Å². The van der Waals surface area contributed by atoms with Crippen molar-refractivity contribution in [2.24, 2.45) is 0 Å². The molecule has 0 amide bonds. The second-order valence-corrected chi connectivity index (χ2v) is 3.01. The van der Waals surface area contributed by atoms with Crippen molar-refractivity contribution in [1.29, 1.82) is 0 Å². The molecule has 0 saturated carbocycles. The van der Waals surface area contributed by atoms with Gasteiger partial charge in [0, 0.05) is 13.2 Å². The first-order valence-corrected chi connectivity index (χ1v) is 3.42. The number of rotatable bonds is 0. The van der Waals surface area contributed by atoms with Gasteiger partial charge in [0.1, 0.15) is 0 Å². The first-order chi connectivity index (χ1) is 4.21. The molecule has 0 N–H and O–H groups in total. The van der Waals surface area contributed by atoms with E-state index in [0.717, 1.165) is 26.2 Å². The Morgan fingerprint density at radius 3 is 2.78 bits per heavy atom. The van der Waals surface area contributed by atoms with Crippen LogP contribution in [-0.2, 0) is 9.47 Å². The van der Waals surface area contributed by atoms with Crippen molar-refractivity contribution < 1.29 is 9.47 Å². The molecule has 0 aliphatic carbocycles. The first kappa shape index (κ1) is 7.03. The lowest BCUT2D eigenvalue weighted by atomic mass is 10.2. The predicted molar refractivity (Wildman–Crippen MR) is 35.5 cm³/mol. The van der Waals surface area contributed by atoms with Crippen LogP contribution in [-0.4, -0.2) is 25.4 Å². The van der Waals surface area contributed by atoms with Gasteiger partial charge in [0.25, 0.3) is 0 Å². The van der Waals surface area contributed by atoms with E-state index >= 15 is 0 Å². The van der Waals surface area contributed by atoms with E-state index in [1.54, 1.807) is 0 Å². The van der Waals surface area contributed by atoms with Crippen LogP contribution in [0.2, 0.25) is 0 Å². The summed E-state index contributed by atoms with van der Waals surface area (Å²) < 4.78 is 10.8. The van der Waals surface area contributed by atoms with Gasteiger partial charge in [-0.2, -0.15) is 0 Å². The summed E-state index contributed by atoms with van der Waals surface area (Å²) in [7, 11) is 0. The van der Waals surface area contributed by atoms with E-state index in [4.69, 9.17) is 9.47 Å². The molecular formula is C7H14O2. The minimum Gasteiger partial charge on any atom is -0.378 e. The fraction of sp³-hybridized carbons (Fsp3) is 1.00. The topological polar surface area (TPSA) is 18.5 Å². The Hall–Kier alpha value is -0.0800. The molecule has 0 atom stereocenters. The summed E-state index contributed by atoms with van der Waals surface area (Å²) in [4.78, 5) is 0. The lowest BCUT2D eigenvalue weighted by Gasteiger charge is -2.21. The van der Waals surface area contributed by atoms with Crippen LogP contribution in [0.25, 0.3) is 0 Å². The van der Waals surface area contributed by atoms with Crippen LogP contribution in [0.3, 0.4) is 0 Å². The lowest BCUT2D eigenvalue weighted by Crippen LogP contribution is -2.28. The van der Waals surface area contributed by atoms with E-state index in [1.165, 1.54) is 0 Å². The largest absolute Gasteiger partial charge is 0.378 e. The van der Waals surface area contributed by atoms with Crippen molar-refractivity contribution in [3.8, 4) is 0 Å². The standard InChI is InChI=1S/C7H14O2/c1-7(2)6-8-4-3-5-9-7/h3-6H2,1-2H3. The quantitative estimate of drug-likeness (QED) is 0.490. The average Bonchev–Trinajstić information content (AvgIpc) is 1.92. The van der Waals surface area contributed by atoms with Crippen molar-refractivity contribution in [1.82, 2.24) is 0 Å². The second kappa shape index (κ2) is 2.67. The van der Waals surface area contributed by atoms with Gasteiger partial charge >= 0.3 is 0 Å². The molecule has 0 spiro atoms. The van der Waals surface area contributed by atoms with E-state index < -0.39 is 0 Å². The minimum atomic E-state index is -0.0590. The third-order valence-electron chi connectivity index (χ3n) is 1.38. The Labute approximate surface area is 56.2 Å². The Morgan fingerprint density at radius 2 is 2.00 bits per heavy atom. The molecule has 0 radical (unpaired) electrons. The molecule has 0 unspecified atom stereocenters. The van der Waals surface area contributed by atoms with Gasteiger partial charge in [-0.15, -0.1) is 0 Å². The third kappa shape index (κ3) is 2.33. The maximum Gasteiger partial charge on any atom is 0.0858 e. The van der Waals surface area contributed by atoms with Crippen molar-refractivity contribution >= 4 is 0 Å². The molecule has 0 aromatic rings. The summed E-state index contributed by atoms with van der Waals surface area (Å²) in [6, 6.07) is 0. The first-order valence-electron chi connectivity index (χ1n) is 3.42. The van der Waals surface area contributed by atoms with Crippen LogP contribution >= 0.6 is 0 Å². The Balaban J connectivity index is 2.36. The zero-order valence-corrected chi connectivity index (χ0v) is 6.14. The van der Waals surface area contributed by atoms with Crippen LogP contribution in [0.1, 0.15) is 20.3 Å². The number of hydrogen-bond donors (Lipinski definition) is 0. The molecule has 1 rings (SSSR count). The van der Waals surface area contributed by atoms with Gasteiger partial charge in [0.2, 0.25) is 0 Å². The predicted octanol–water partition coefficient (Wildman–Crippen LogP) is 1.20. The SMILES string of the molecule is CC1(C)COCCCO1. The number of ether oxygens (including phenoxy) is 2. The molecular weight excluding hydrogens is 116 g/mol. The highest BCUT2D eigenvalue weighted by molar-refractivity contribution is 4.68. The van der Waals surface area contributed by atoms with E-state index in [9.17, 15) is 0 Å². The molecule has 0 aromatic carbocycles. The minimum absolute atomic E-state index is 0.0590. The highest BCUT2D eigenvalue weighted by Gasteiger charge is 2.20. The molecule has 1 aliphatic rings. The fourth-order valence-corrected chi connectivity index (χ4v) is 0.869. The van der Waals surface area contributed by atoms with Gasteiger partial charge in [0.05, 0.1) is 12.2 Å². The summed E-state index contributed by atoms with van der Waals surface area (Å²) in [5, 5.41) is 0. The van der Waals surface area contributed by atoms with Crippen LogP contribution in [0, 0.1) is 0 Å². The third-order valence-corrected chi connectivity index (χ3v) is 1.38. The Morgan fingerprint density at radius 1 is 1.22 bits per heavy atom. The van der Waals surface area contributed by atoms with Crippen molar-refractivity contribution in [3.63, 3.8) is 0 Å². The molecule has 2 nitrogen and oxygen atoms in total. The van der Waals surface area contributed by atoms with E-state index in [0.29, 0.717) is 0 Å². The molecule has 0 bridgehead atoms. The number of hydrogen-bond acceptors (Lipinski definition) is 2. The second-order valence-electron chi connectivity index (χ2n) is 3.01. The highest BCUT2D eigenvalue weighted by Crippen LogP contribution is 2.12. The normalized spacial score (nSPS) is 27.3. The molecule has 0 aromatic heterocycles.